The molecule has 0 radical (unpaired) electrons. The van der Waals surface area contributed by atoms with Crippen LogP contribution in [0, 0.1) is 11.8 Å². The van der Waals surface area contributed by atoms with Crippen LogP contribution in [0.25, 0.3) is 0 Å². The predicted molar refractivity (Wildman–Crippen MR) is 156 cm³/mol. The number of nitrogens with one attached hydrogen (secondary N) is 1. The van der Waals surface area contributed by atoms with Crippen LogP contribution in [-0.4, -0.2) is 96.0 Å². The molecule has 2 aliphatic rings. The highest BCUT2D eigenvalue weighted by Gasteiger charge is 2.44. The monoisotopic (exact) mass is 658 g/mol. The number of alkyl carbamates (subject to hydrolysis) is 1. The number of carbonyl (C=O) groups is 1. The van der Waals surface area contributed by atoms with Crippen LogP contribution >= 0.6 is 7.60 Å². The van der Waals surface area contributed by atoms with E-state index in [0.717, 1.165) is 4.31 Å². The third-order valence-corrected chi connectivity index (χ3v) is 9.53. The zero-order valence-corrected chi connectivity index (χ0v) is 26.1. The Morgan fingerprint density at radius 3 is 2.41 bits per heavy atom. The predicted octanol–water partition coefficient (Wildman–Crippen LogP) is 2.01. The van der Waals surface area contributed by atoms with E-state index in [1.807, 2.05) is 13.8 Å². The fourth-order valence-corrected chi connectivity index (χ4v) is 7.01. The average Bonchev–Trinajstić information content (AvgIpc) is 3.57. The zero-order chi connectivity index (χ0) is 32.1. The Kier molecular flexibility index (Phi) is 11.3. The van der Waals surface area contributed by atoms with Crippen molar-refractivity contribution in [3.8, 4) is 11.5 Å². The summed E-state index contributed by atoms with van der Waals surface area (Å²) in [5.74, 6) is -0.0976. The second kappa shape index (κ2) is 14.6. The van der Waals surface area contributed by atoms with E-state index in [1.54, 1.807) is 12.1 Å². The number of ether oxygens (including phenoxy) is 4. The van der Waals surface area contributed by atoms with Crippen molar-refractivity contribution < 1.29 is 56.7 Å². The van der Waals surface area contributed by atoms with Crippen LogP contribution in [0.1, 0.15) is 25.8 Å². The number of fused-ring (bicyclic) bond motifs is 1. The van der Waals surface area contributed by atoms with Crippen molar-refractivity contribution in [1.82, 2.24) is 9.62 Å². The van der Waals surface area contributed by atoms with Gasteiger partial charge in [-0.15, -0.1) is 0 Å². The van der Waals surface area contributed by atoms with Gasteiger partial charge in [0, 0.05) is 13.1 Å². The number of amides is 1. The first-order valence-corrected chi connectivity index (χ1v) is 17.4. The van der Waals surface area contributed by atoms with Gasteiger partial charge in [0.25, 0.3) is 0 Å². The largest absolute Gasteiger partial charge is 0.508 e. The van der Waals surface area contributed by atoms with Crippen molar-refractivity contribution in [3.05, 3.63) is 54.1 Å². The van der Waals surface area contributed by atoms with Crippen molar-refractivity contribution in [3.63, 3.8) is 0 Å². The topological polar surface area (TPSA) is 201 Å². The van der Waals surface area contributed by atoms with Gasteiger partial charge in [0.1, 0.15) is 17.6 Å². The SMILES string of the molecule is CC(C)CN(C[C@@H](O)[C@H](Cc1ccc(OCP(=O)(O)O)cc1)NC(=O)O[C@H]1CO[C@H]2OCC[C@H]21)S(=O)(=O)c1ccc(O)cc1. The van der Waals surface area contributed by atoms with Crippen LogP contribution in [0.5, 0.6) is 11.5 Å². The summed E-state index contributed by atoms with van der Waals surface area (Å²) in [6, 6.07) is 10.2. The van der Waals surface area contributed by atoms with Crippen LogP contribution in [0.4, 0.5) is 4.79 Å². The van der Waals surface area contributed by atoms with E-state index in [9.17, 15) is 28.0 Å². The summed E-state index contributed by atoms with van der Waals surface area (Å²) < 4.78 is 61.1. The van der Waals surface area contributed by atoms with Crippen molar-refractivity contribution in [2.45, 2.75) is 56.1 Å². The molecule has 0 bridgehead atoms. The van der Waals surface area contributed by atoms with E-state index in [0.29, 0.717) is 18.6 Å². The third-order valence-electron chi connectivity index (χ3n) is 7.22. The Morgan fingerprint density at radius 2 is 1.77 bits per heavy atom. The summed E-state index contributed by atoms with van der Waals surface area (Å²) in [6.07, 6.45) is -3.24. The van der Waals surface area contributed by atoms with Crippen molar-refractivity contribution in [2.75, 3.05) is 32.7 Å². The molecule has 2 heterocycles. The molecule has 2 aromatic rings. The minimum Gasteiger partial charge on any atom is -0.508 e. The maximum Gasteiger partial charge on any atom is 0.407 e. The Bertz CT molecular complexity index is 1400. The number of sulfonamides is 1. The molecule has 244 valence electrons. The molecule has 0 aromatic heterocycles. The highest BCUT2D eigenvalue weighted by atomic mass is 32.2. The second-order valence-corrected chi connectivity index (χ2v) is 14.8. The summed E-state index contributed by atoms with van der Waals surface area (Å²) in [6.45, 7) is 4.04. The molecule has 2 aromatic carbocycles. The van der Waals surface area contributed by atoms with Gasteiger partial charge in [0.2, 0.25) is 10.0 Å². The lowest BCUT2D eigenvalue weighted by molar-refractivity contribution is -0.0907. The number of phenols is 1. The number of phenolic OH excluding ortho intramolecular Hbond substituents is 1. The molecule has 0 unspecified atom stereocenters. The van der Waals surface area contributed by atoms with Gasteiger partial charge in [-0.25, -0.2) is 13.2 Å². The second-order valence-electron chi connectivity index (χ2n) is 11.3. The molecule has 16 heteroatoms. The first-order chi connectivity index (χ1) is 20.7. The zero-order valence-electron chi connectivity index (χ0n) is 24.4. The summed E-state index contributed by atoms with van der Waals surface area (Å²) >= 11 is 0. The lowest BCUT2D eigenvalue weighted by atomic mass is 10.0. The maximum atomic E-state index is 13.5. The molecule has 14 nitrogen and oxygen atoms in total. The van der Waals surface area contributed by atoms with Gasteiger partial charge in [0.15, 0.2) is 12.6 Å². The lowest BCUT2D eigenvalue weighted by Crippen LogP contribution is -2.51. The standard InChI is InChI=1S/C28H39N2O12PS/c1-18(2)14-30(44(37,38)22-9-5-20(31)6-10-22)15-25(32)24(13-19-3-7-21(8-4-19)41-17-43(34,35)36)29-28(33)42-26-16-40-27-23(26)11-12-39-27/h3-10,18,23-27,31-32H,11-17H2,1-2H3,(H,29,33)(H2,34,35,36)/t23-,24-,25+,26-,27+/m0/s1. The average molecular weight is 659 g/mol. The number of nitrogens with zero attached hydrogens (tertiary/aromatic N) is 1. The van der Waals surface area contributed by atoms with Crippen molar-refractivity contribution >= 4 is 23.7 Å². The summed E-state index contributed by atoms with van der Waals surface area (Å²) in [5.41, 5.74) is 0.614. The molecule has 0 spiro atoms. The molecule has 0 saturated carbocycles. The Hall–Kier alpha value is -2.75. The van der Waals surface area contributed by atoms with Gasteiger partial charge >= 0.3 is 13.7 Å². The van der Waals surface area contributed by atoms with E-state index in [-0.39, 0.29) is 54.3 Å². The molecular weight excluding hydrogens is 619 g/mol. The Morgan fingerprint density at radius 1 is 1.09 bits per heavy atom. The Labute approximate surface area is 256 Å². The number of hydrogen-bond acceptors (Lipinski definition) is 10. The molecular formula is C28H39N2O12PS. The molecule has 2 fully saturated rings. The number of carbonyl (C=O) groups excluding carboxylic acids is 1. The molecule has 0 aliphatic carbocycles. The van der Waals surface area contributed by atoms with Gasteiger partial charge in [-0.2, -0.15) is 4.31 Å². The normalized spacial score (nSPS) is 21.7. The molecule has 5 N–H and O–H groups in total. The first kappa shape index (κ1) is 34.1. The van der Waals surface area contributed by atoms with Crippen LogP contribution in [0.3, 0.4) is 0 Å². The van der Waals surface area contributed by atoms with Crippen LogP contribution in [-0.2, 0) is 35.2 Å². The number of benzene rings is 2. The third kappa shape index (κ3) is 9.38. The fourth-order valence-electron chi connectivity index (χ4n) is 5.07. The number of rotatable bonds is 14. The van der Waals surface area contributed by atoms with E-state index < -0.39 is 54.6 Å². The van der Waals surface area contributed by atoms with Gasteiger partial charge in [0.05, 0.1) is 36.2 Å². The highest BCUT2D eigenvalue weighted by Crippen LogP contribution is 2.35. The van der Waals surface area contributed by atoms with Crippen molar-refractivity contribution in [1.29, 1.82) is 0 Å². The molecule has 44 heavy (non-hydrogen) atoms. The smallest absolute Gasteiger partial charge is 0.407 e. The Balaban J connectivity index is 1.52. The fraction of sp³-hybridized carbons (Fsp3) is 0.536. The van der Waals surface area contributed by atoms with Gasteiger partial charge in [-0.3, -0.25) is 4.57 Å². The molecule has 4 rings (SSSR count). The van der Waals surface area contributed by atoms with Gasteiger partial charge in [-0.1, -0.05) is 26.0 Å². The number of aliphatic hydroxyl groups is 1. The summed E-state index contributed by atoms with van der Waals surface area (Å²) in [4.78, 5) is 31.1. The van der Waals surface area contributed by atoms with E-state index >= 15 is 0 Å². The van der Waals surface area contributed by atoms with E-state index in [2.05, 4.69) is 5.32 Å². The summed E-state index contributed by atoms with van der Waals surface area (Å²) in [7, 11) is -8.46. The molecule has 5 atom stereocenters. The summed E-state index contributed by atoms with van der Waals surface area (Å²) in [5, 5.41) is 23.7. The van der Waals surface area contributed by atoms with Crippen LogP contribution in [0.15, 0.2) is 53.4 Å². The van der Waals surface area contributed by atoms with E-state index in [4.69, 9.17) is 28.7 Å². The highest BCUT2D eigenvalue weighted by molar-refractivity contribution is 7.89. The minimum atomic E-state index is -4.38. The van der Waals surface area contributed by atoms with Crippen molar-refractivity contribution in [2.24, 2.45) is 11.8 Å². The van der Waals surface area contributed by atoms with E-state index in [1.165, 1.54) is 36.4 Å². The quantitative estimate of drug-likeness (QED) is 0.185. The van der Waals surface area contributed by atoms with Gasteiger partial charge < -0.3 is 44.3 Å². The maximum absolute atomic E-state index is 13.5. The number of aliphatic hydroxyl groups excluding tert-OH is 1. The number of hydrogen-bond donors (Lipinski definition) is 5. The lowest BCUT2D eigenvalue weighted by Gasteiger charge is -2.31. The van der Waals surface area contributed by atoms with Crippen LogP contribution in [0.2, 0.25) is 0 Å². The van der Waals surface area contributed by atoms with Gasteiger partial charge in [-0.05, 0) is 60.7 Å². The molecule has 2 saturated heterocycles. The molecule has 1 amide bonds. The number of aromatic hydroxyl groups is 1. The van der Waals surface area contributed by atoms with Crippen LogP contribution < -0.4 is 10.1 Å². The molecule has 2 aliphatic heterocycles. The first-order valence-electron chi connectivity index (χ1n) is 14.1. The minimum absolute atomic E-state index is 0.0557.